The molecule has 0 radical (unpaired) electrons. The van der Waals surface area contributed by atoms with E-state index in [-0.39, 0.29) is 23.8 Å². The van der Waals surface area contributed by atoms with E-state index in [1.54, 1.807) is 11.8 Å². The van der Waals surface area contributed by atoms with E-state index in [4.69, 9.17) is 14.2 Å². The van der Waals surface area contributed by atoms with Crippen LogP contribution in [0.4, 0.5) is 0 Å². The minimum Gasteiger partial charge on any atom is -0.465 e. The van der Waals surface area contributed by atoms with Gasteiger partial charge in [-0.15, -0.1) is 11.8 Å². The number of rotatable bonds is 5. The lowest BCUT2D eigenvalue weighted by Crippen LogP contribution is -2.42. The number of carbonyl (C=O) groups excluding carboxylic acids is 1. The zero-order valence-corrected chi connectivity index (χ0v) is 12.4. The van der Waals surface area contributed by atoms with Crippen molar-refractivity contribution in [2.75, 3.05) is 19.0 Å². The Morgan fingerprint density at radius 3 is 3.00 bits per heavy atom. The second kappa shape index (κ2) is 6.77. The highest BCUT2D eigenvalue weighted by Crippen LogP contribution is 2.38. The van der Waals surface area contributed by atoms with Crippen LogP contribution in [0.3, 0.4) is 0 Å². The van der Waals surface area contributed by atoms with E-state index in [9.17, 15) is 4.79 Å². The van der Waals surface area contributed by atoms with Gasteiger partial charge in [-0.05, 0) is 31.6 Å². The molecule has 0 aromatic carbocycles. The van der Waals surface area contributed by atoms with Crippen molar-refractivity contribution >= 4 is 17.7 Å². The molecule has 0 amide bonds. The van der Waals surface area contributed by atoms with Crippen molar-refractivity contribution in [2.45, 2.75) is 45.5 Å². The van der Waals surface area contributed by atoms with Gasteiger partial charge < -0.3 is 14.2 Å². The zero-order valence-electron chi connectivity index (χ0n) is 11.6. The Labute approximate surface area is 118 Å². The van der Waals surface area contributed by atoms with Crippen LogP contribution in [0.1, 0.15) is 33.1 Å². The van der Waals surface area contributed by atoms with Gasteiger partial charge in [0.1, 0.15) is 6.61 Å². The number of thioether (sulfide) groups is 1. The average molecular weight is 286 g/mol. The minimum atomic E-state index is -0.245. The van der Waals surface area contributed by atoms with Gasteiger partial charge in [-0.1, -0.05) is 6.08 Å². The van der Waals surface area contributed by atoms with Crippen molar-refractivity contribution in [3.8, 4) is 0 Å². The molecule has 3 unspecified atom stereocenters. The van der Waals surface area contributed by atoms with Gasteiger partial charge in [0.25, 0.3) is 0 Å². The van der Waals surface area contributed by atoms with Crippen LogP contribution in [0.2, 0.25) is 0 Å². The Balaban J connectivity index is 1.93. The second-order valence-corrected chi connectivity index (χ2v) is 6.10. The van der Waals surface area contributed by atoms with Gasteiger partial charge in [0.15, 0.2) is 6.29 Å². The predicted octanol–water partition coefficient (Wildman–Crippen LogP) is 2.73. The Morgan fingerprint density at radius 2 is 2.42 bits per heavy atom. The highest BCUT2D eigenvalue weighted by atomic mass is 32.2. The zero-order chi connectivity index (χ0) is 13.7. The first-order valence-corrected chi connectivity index (χ1v) is 7.87. The molecule has 0 saturated carbocycles. The fraction of sp³-hybridized carbons (Fsp3) is 0.786. The van der Waals surface area contributed by atoms with Gasteiger partial charge in [0.05, 0.1) is 11.5 Å². The van der Waals surface area contributed by atoms with E-state index in [1.807, 2.05) is 6.92 Å². The van der Waals surface area contributed by atoms with Gasteiger partial charge in [-0.2, -0.15) is 0 Å². The molecular formula is C14H22O4S. The molecule has 1 saturated heterocycles. The van der Waals surface area contributed by atoms with Gasteiger partial charge in [-0.25, -0.2) is 0 Å². The fourth-order valence-electron chi connectivity index (χ4n) is 2.31. The molecule has 0 aromatic rings. The lowest BCUT2D eigenvalue weighted by Gasteiger charge is -2.36. The highest BCUT2D eigenvalue weighted by molar-refractivity contribution is 8.02. The molecule has 3 atom stereocenters. The Bertz CT molecular complexity index is 338. The first kappa shape index (κ1) is 14.9. The highest BCUT2D eigenvalue weighted by Gasteiger charge is 2.40. The van der Waals surface area contributed by atoms with E-state index in [0.717, 1.165) is 31.6 Å². The topological polar surface area (TPSA) is 44.8 Å². The van der Waals surface area contributed by atoms with Crippen molar-refractivity contribution in [1.29, 1.82) is 0 Å². The largest absolute Gasteiger partial charge is 0.465 e. The van der Waals surface area contributed by atoms with Crippen LogP contribution >= 0.6 is 11.8 Å². The first-order valence-electron chi connectivity index (χ1n) is 6.82. The normalized spacial score (nSPS) is 32.2. The average Bonchev–Trinajstić information content (AvgIpc) is 2.87. The molecule has 0 aliphatic carbocycles. The lowest BCUT2D eigenvalue weighted by molar-refractivity contribution is -0.204. The maximum atomic E-state index is 11.0. The summed E-state index contributed by atoms with van der Waals surface area (Å²) in [6, 6.07) is 0. The minimum absolute atomic E-state index is 0.0267. The van der Waals surface area contributed by atoms with Crippen LogP contribution in [-0.2, 0) is 19.0 Å². The third-order valence-electron chi connectivity index (χ3n) is 3.70. The molecule has 19 heavy (non-hydrogen) atoms. The molecule has 1 fully saturated rings. The second-order valence-electron chi connectivity index (χ2n) is 5.20. The fourth-order valence-corrected chi connectivity index (χ4v) is 3.50. The summed E-state index contributed by atoms with van der Waals surface area (Å²) in [6.45, 7) is 4.63. The summed E-state index contributed by atoms with van der Waals surface area (Å²) in [5.41, 5.74) is -0.225. The van der Waals surface area contributed by atoms with Crippen LogP contribution in [0.15, 0.2) is 11.5 Å². The number of hydrogen-bond acceptors (Lipinski definition) is 5. The summed E-state index contributed by atoms with van der Waals surface area (Å²) in [5, 5.41) is 2.06. The van der Waals surface area contributed by atoms with E-state index in [1.165, 1.54) is 6.92 Å². The molecule has 4 nitrogen and oxygen atoms in total. The molecule has 0 spiro atoms. The van der Waals surface area contributed by atoms with Gasteiger partial charge in [0, 0.05) is 19.3 Å². The Hall–Kier alpha value is -0.520. The molecule has 2 aliphatic rings. The molecule has 2 heterocycles. The van der Waals surface area contributed by atoms with Crippen molar-refractivity contribution in [1.82, 2.24) is 0 Å². The van der Waals surface area contributed by atoms with E-state index < -0.39 is 0 Å². The molecule has 0 N–H and O–H groups in total. The Morgan fingerprint density at radius 1 is 1.58 bits per heavy atom. The van der Waals surface area contributed by atoms with Crippen LogP contribution in [0.25, 0.3) is 0 Å². The van der Waals surface area contributed by atoms with Gasteiger partial charge >= 0.3 is 5.97 Å². The van der Waals surface area contributed by atoms with E-state index in [0.29, 0.717) is 6.61 Å². The summed E-state index contributed by atoms with van der Waals surface area (Å²) >= 11 is 1.73. The van der Waals surface area contributed by atoms with Crippen molar-refractivity contribution in [3.05, 3.63) is 11.5 Å². The summed E-state index contributed by atoms with van der Waals surface area (Å²) in [4.78, 5) is 11.0. The van der Waals surface area contributed by atoms with Gasteiger partial charge in [0.2, 0.25) is 0 Å². The quantitative estimate of drug-likeness (QED) is 0.727. The maximum Gasteiger partial charge on any atom is 0.302 e. The Kier molecular flexibility index (Phi) is 5.30. The third kappa shape index (κ3) is 3.97. The van der Waals surface area contributed by atoms with Gasteiger partial charge in [-0.3, -0.25) is 4.79 Å². The third-order valence-corrected chi connectivity index (χ3v) is 4.73. The first-order chi connectivity index (χ1) is 9.12. The number of hydrogen-bond donors (Lipinski definition) is 0. The van der Waals surface area contributed by atoms with Crippen molar-refractivity contribution in [2.24, 2.45) is 5.41 Å². The van der Waals surface area contributed by atoms with Crippen LogP contribution < -0.4 is 0 Å². The molecule has 0 aromatic heterocycles. The summed E-state index contributed by atoms with van der Waals surface area (Å²) in [5.74, 6) is 0.638. The van der Waals surface area contributed by atoms with Crippen LogP contribution in [0, 0.1) is 5.41 Å². The smallest absolute Gasteiger partial charge is 0.302 e. The summed E-state index contributed by atoms with van der Waals surface area (Å²) in [6.07, 6.45) is 5.18. The lowest BCUT2D eigenvalue weighted by atomic mass is 9.86. The standard InChI is InChI=1S/C14H22O4S/c1-11(18-13-5-3-4-7-16-13)14(6-8-19-10-14)9-17-12(2)15/h6,8,11,13H,3-5,7,9-10H2,1-2H3. The predicted molar refractivity (Wildman–Crippen MR) is 74.8 cm³/mol. The van der Waals surface area contributed by atoms with E-state index in [2.05, 4.69) is 11.5 Å². The number of ether oxygens (including phenoxy) is 3. The SMILES string of the molecule is CC(=O)OCC1(C(C)OC2CCCCO2)C=CSC1. The molecule has 2 rings (SSSR count). The number of esters is 1. The summed E-state index contributed by atoms with van der Waals surface area (Å²) in [7, 11) is 0. The molecule has 0 bridgehead atoms. The van der Waals surface area contributed by atoms with Crippen molar-refractivity contribution in [3.63, 3.8) is 0 Å². The number of carbonyl (C=O) groups is 1. The molecular weight excluding hydrogens is 264 g/mol. The maximum absolute atomic E-state index is 11.0. The molecule has 108 valence electrons. The monoisotopic (exact) mass is 286 g/mol. The van der Waals surface area contributed by atoms with E-state index >= 15 is 0 Å². The van der Waals surface area contributed by atoms with Crippen LogP contribution in [-0.4, -0.2) is 37.3 Å². The van der Waals surface area contributed by atoms with Crippen LogP contribution in [0.5, 0.6) is 0 Å². The summed E-state index contributed by atoms with van der Waals surface area (Å²) < 4.78 is 16.9. The molecule has 2 aliphatic heterocycles. The molecule has 5 heteroatoms. The van der Waals surface area contributed by atoms with Crippen molar-refractivity contribution < 1.29 is 19.0 Å².